The highest BCUT2D eigenvalue weighted by Crippen LogP contribution is 2.22. The smallest absolute Gasteiger partial charge is 0.250 e. The van der Waals surface area contributed by atoms with Crippen molar-refractivity contribution >= 4 is 29.2 Å². The fourth-order valence-corrected chi connectivity index (χ4v) is 3.48. The number of hydrazone groups is 1. The molecule has 8 heteroatoms. The molecule has 2 aromatic rings. The van der Waals surface area contributed by atoms with Gasteiger partial charge in [0.25, 0.3) is 0 Å². The van der Waals surface area contributed by atoms with Gasteiger partial charge in [0.1, 0.15) is 0 Å². The van der Waals surface area contributed by atoms with Gasteiger partial charge in [-0.15, -0.1) is 0 Å². The van der Waals surface area contributed by atoms with Crippen LogP contribution in [-0.2, 0) is 0 Å². The maximum Gasteiger partial charge on any atom is 0.250 e. The topological polar surface area (TPSA) is 95.6 Å². The number of rotatable bonds is 5. The number of aromatic nitrogens is 3. The molecule has 3 N–H and O–H groups in total. The van der Waals surface area contributed by atoms with Crippen molar-refractivity contribution in [2.45, 2.75) is 32.6 Å². The molecule has 3 heterocycles. The number of benzene rings is 1. The SMILES string of the molecule is CC(=NNc1nc(N2CCCC2)nc(N2CCCC2)n1)c1cccc(N)c1. The van der Waals surface area contributed by atoms with E-state index in [1.165, 1.54) is 25.7 Å². The fourth-order valence-electron chi connectivity index (χ4n) is 3.48. The Hall–Kier alpha value is -2.90. The van der Waals surface area contributed by atoms with Gasteiger partial charge < -0.3 is 15.5 Å². The average Bonchev–Trinajstić information content (AvgIpc) is 3.40. The van der Waals surface area contributed by atoms with E-state index in [2.05, 4.69) is 30.3 Å². The van der Waals surface area contributed by atoms with Crippen LogP contribution in [0.4, 0.5) is 23.5 Å². The molecule has 2 saturated heterocycles. The Labute approximate surface area is 159 Å². The lowest BCUT2D eigenvalue weighted by Crippen LogP contribution is -2.25. The van der Waals surface area contributed by atoms with Gasteiger partial charge in [0.2, 0.25) is 17.8 Å². The molecule has 142 valence electrons. The van der Waals surface area contributed by atoms with Crippen molar-refractivity contribution in [3.63, 3.8) is 0 Å². The van der Waals surface area contributed by atoms with Crippen molar-refractivity contribution < 1.29 is 0 Å². The van der Waals surface area contributed by atoms with E-state index in [4.69, 9.17) is 10.7 Å². The summed E-state index contributed by atoms with van der Waals surface area (Å²) in [6, 6.07) is 7.67. The number of hydrogen-bond donors (Lipinski definition) is 2. The Bertz CT molecular complexity index is 788. The molecule has 1 aromatic carbocycles. The maximum atomic E-state index is 5.86. The Morgan fingerprint density at radius 2 is 1.56 bits per heavy atom. The molecule has 0 amide bonds. The third-order valence-corrected chi connectivity index (χ3v) is 5.02. The highest BCUT2D eigenvalue weighted by Gasteiger charge is 2.21. The van der Waals surface area contributed by atoms with Gasteiger partial charge in [0.15, 0.2) is 0 Å². The minimum Gasteiger partial charge on any atom is -0.399 e. The average molecular weight is 366 g/mol. The summed E-state index contributed by atoms with van der Waals surface area (Å²) in [5.74, 6) is 1.96. The molecule has 0 atom stereocenters. The Balaban J connectivity index is 1.59. The number of nitrogens with zero attached hydrogens (tertiary/aromatic N) is 6. The van der Waals surface area contributed by atoms with Gasteiger partial charge in [-0.3, -0.25) is 0 Å². The molecule has 0 radical (unpaired) electrons. The molecule has 0 spiro atoms. The van der Waals surface area contributed by atoms with Gasteiger partial charge >= 0.3 is 0 Å². The van der Waals surface area contributed by atoms with E-state index < -0.39 is 0 Å². The number of anilines is 4. The third kappa shape index (κ3) is 4.10. The summed E-state index contributed by atoms with van der Waals surface area (Å²) in [7, 11) is 0. The molecule has 27 heavy (non-hydrogen) atoms. The Morgan fingerprint density at radius 3 is 2.11 bits per heavy atom. The number of nitrogens with one attached hydrogen (secondary N) is 1. The Kier molecular flexibility index (Phi) is 5.04. The zero-order valence-corrected chi connectivity index (χ0v) is 15.7. The maximum absolute atomic E-state index is 5.86. The van der Waals surface area contributed by atoms with Gasteiger partial charge in [0, 0.05) is 31.9 Å². The van der Waals surface area contributed by atoms with E-state index in [1.807, 2.05) is 31.2 Å². The van der Waals surface area contributed by atoms with Crippen LogP contribution in [0, 0.1) is 0 Å². The van der Waals surface area contributed by atoms with Crippen LogP contribution < -0.4 is 21.0 Å². The first kappa shape index (κ1) is 17.5. The minimum atomic E-state index is 0.483. The van der Waals surface area contributed by atoms with Gasteiger partial charge in [0.05, 0.1) is 5.71 Å². The predicted molar refractivity (Wildman–Crippen MR) is 109 cm³/mol. The quantitative estimate of drug-likeness (QED) is 0.477. The zero-order valence-electron chi connectivity index (χ0n) is 15.7. The third-order valence-electron chi connectivity index (χ3n) is 5.02. The molecule has 1 aromatic heterocycles. The molecular formula is C19H26N8. The summed E-state index contributed by atoms with van der Waals surface area (Å²) in [6.07, 6.45) is 4.72. The van der Waals surface area contributed by atoms with Crippen LogP contribution in [0.1, 0.15) is 38.2 Å². The highest BCUT2D eigenvalue weighted by atomic mass is 15.4. The lowest BCUT2D eigenvalue weighted by Gasteiger charge is -2.20. The second-order valence-corrected chi connectivity index (χ2v) is 7.08. The van der Waals surface area contributed by atoms with Crippen LogP contribution in [0.5, 0.6) is 0 Å². The molecule has 0 unspecified atom stereocenters. The van der Waals surface area contributed by atoms with Gasteiger partial charge in [-0.25, -0.2) is 5.43 Å². The van der Waals surface area contributed by atoms with E-state index in [1.54, 1.807) is 0 Å². The van der Waals surface area contributed by atoms with Crippen LogP contribution in [0.3, 0.4) is 0 Å². The van der Waals surface area contributed by atoms with Crippen LogP contribution in [-0.4, -0.2) is 46.8 Å². The highest BCUT2D eigenvalue weighted by molar-refractivity contribution is 5.99. The van der Waals surface area contributed by atoms with Crippen LogP contribution in [0.25, 0.3) is 0 Å². The lowest BCUT2D eigenvalue weighted by molar-refractivity contribution is 0.838. The monoisotopic (exact) mass is 366 g/mol. The van der Waals surface area contributed by atoms with Crippen molar-refractivity contribution in [2.24, 2.45) is 5.10 Å². The standard InChI is InChI=1S/C19H26N8/c1-14(15-7-6-8-16(20)13-15)24-25-17-21-18(26-9-2-3-10-26)23-19(22-17)27-11-4-5-12-27/h6-8,13H,2-5,9-12,20H2,1H3,(H,21,22,23,25). The van der Waals surface area contributed by atoms with Crippen LogP contribution in [0.2, 0.25) is 0 Å². The molecule has 2 fully saturated rings. The molecule has 0 aliphatic carbocycles. The molecule has 4 rings (SSSR count). The van der Waals surface area contributed by atoms with Gasteiger partial charge in [-0.2, -0.15) is 20.1 Å². The summed E-state index contributed by atoms with van der Waals surface area (Å²) in [5, 5.41) is 4.46. The second kappa shape index (κ2) is 7.77. The van der Waals surface area contributed by atoms with E-state index in [-0.39, 0.29) is 0 Å². The van der Waals surface area contributed by atoms with Gasteiger partial charge in [-0.1, -0.05) is 12.1 Å². The predicted octanol–water partition coefficient (Wildman–Crippen LogP) is 2.49. The zero-order chi connectivity index (χ0) is 18.6. The first-order valence-corrected chi connectivity index (χ1v) is 9.61. The first-order chi connectivity index (χ1) is 13.2. The van der Waals surface area contributed by atoms with Crippen molar-refractivity contribution in [3.05, 3.63) is 29.8 Å². The molecular weight excluding hydrogens is 340 g/mol. The summed E-state index contributed by atoms with van der Waals surface area (Å²) in [4.78, 5) is 18.4. The van der Waals surface area contributed by atoms with Crippen molar-refractivity contribution in [3.8, 4) is 0 Å². The van der Waals surface area contributed by atoms with E-state index in [0.29, 0.717) is 5.95 Å². The van der Waals surface area contributed by atoms with Crippen molar-refractivity contribution in [1.29, 1.82) is 0 Å². The van der Waals surface area contributed by atoms with Crippen molar-refractivity contribution in [1.82, 2.24) is 15.0 Å². The number of nitrogen functional groups attached to an aromatic ring is 1. The molecule has 2 aliphatic heterocycles. The normalized spacial score (nSPS) is 17.6. The van der Waals surface area contributed by atoms with Gasteiger partial charge in [-0.05, 0) is 50.3 Å². The van der Waals surface area contributed by atoms with E-state index >= 15 is 0 Å². The lowest BCUT2D eigenvalue weighted by atomic mass is 10.1. The fraction of sp³-hybridized carbons (Fsp3) is 0.474. The summed E-state index contributed by atoms with van der Waals surface area (Å²) < 4.78 is 0. The second-order valence-electron chi connectivity index (χ2n) is 7.08. The Morgan fingerprint density at radius 1 is 0.963 bits per heavy atom. The first-order valence-electron chi connectivity index (χ1n) is 9.61. The van der Waals surface area contributed by atoms with Crippen LogP contribution >= 0.6 is 0 Å². The molecule has 0 bridgehead atoms. The van der Waals surface area contributed by atoms with E-state index in [9.17, 15) is 0 Å². The number of nitrogens with two attached hydrogens (primary N) is 1. The molecule has 0 saturated carbocycles. The largest absolute Gasteiger partial charge is 0.399 e. The minimum absolute atomic E-state index is 0.483. The molecule has 8 nitrogen and oxygen atoms in total. The number of hydrogen-bond acceptors (Lipinski definition) is 8. The summed E-state index contributed by atoms with van der Waals surface area (Å²) in [5.41, 5.74) is 11.4. The van der Waals surface area contributed by atoms with Crippen molar-refractivity contribution in [2.75, 3.05) is 47.1 Å². The van der Waals surface area contributed by atoms with Crippen LogP contribution in [0.15, 0.2) is 29.4 Å². The summed E-state index contributed by atoms with van der Waals surface area (Å²) in [6.45, 7) is 5.91. The summed E-state index contributed by atoms with van der Waals surface area (Å²) >= 11 is 0. The molecule has 2 aliphatic rings. The van der Waals surface area contributed by atoms with E-state index in [0.717, 1.165) is 55.0 Å².